The minimum Gasteiger partial charge on any atom is -0.481 e. The Balaban J connectivity index is 1.31. The number of hydrogen-bond donors (Lipinski definition) is 1. The molecule has 0 aliphatic heterocycles. The van der Waals surface area contributed by atoms with Crippen molar-refractivity contribution in [3.05, 3.63) is 58.5 Å². The second-order valence-corrected chi connectivity index (χ2v) is 8.46. The number of nitrogens with one attached hydrogen (secondary N) is 1. The minimum absolute atomic E-state index is 0.294. The maximum absolute atomic E-state index is 12.3. The van der Waals surface area contributed by atoms with Crippen molar-refractivity contribution < 1.29 is 19.1 Å². The number of carbonyl (C=O) groups is 2. The molecule has 158 valence electrons. The van der Waals surface area contributed by atoms with Gasteiger partial charge >= 0.3 is 5.97 Å². The number of nitriles is 1. The average molecular weight is 435 g/mol. The fraction of sp³-hybridized carbons (Fsp3) is 0.292. The van der Waals surface area contributed by atoms with Crippen molar-refractivity contribution in [2.75, 3.05) is 18.5 Å². The number of hydrogen-bond acceptors (Lipinski definition) is 6. The fourth-order valence-electron chi connectivity index (χ4n) is 3.76. The summed E-state index contributed by atoms with van der Waals surface area (Å²) in [4.78, 5) is 25.5. The summed E-state index contributed by atoms with van der Waals surface area (Å²) < 4.78 is 10.6. The Labute approximate surface area is 184 Å². The topological polar surface area (TPSA) is 88.4 Å². The molecule has 0 radical (unpaired) electrons. The highest BCUT2D eigenvalue weighted by atomic mass is 32.1. The molecule has 7 heteroatoms. The van der Waals surface area contributed by atoms with Crippen LogP contribution in [0.1, 0.15) is 35.3 Å². The van der Waals surface area contributed by atoms with E-state index in [-0.39, 0.29) is 6.61 Å². The molecule has 0 atom stereocenters. The number of aryl methyl sites for hydroxylation is 1. The summed E-state index contributed by atoms with van der Waals surface area (Å²) in [5, 5.41) is 14.7. The Kier molecular flexibility index (Phi) is 6.48. The molecule has 0 spiro atoms. The molecular weight excluding hydrogens is 412 g/mol. The van der Waals surface area contributed by atoms with E-state index in [4.69, 9.17) is 9.47 Å². The standard InChI is InChI=1S/C24H22N2O4S/c25-13-19-18-10-2-1-3-12-21(18)31-24(19)26-22(27)14-30-23(28)15-29-20-11-6-8-16-7-4-5-9-17(16)20/h4-9,11H,1-3,10,12,14-15H2,(H,26,27). The number of benzene rings is 2. The number of nitrogens with zero attached hydrogens (tertiary/aromatic N) is 1. The van der Waals surface area contributed by atoms with E-state index in [0.717, 1.165) is 48.4 Å². The summed E-state index contributed by atoms with van der Waals surface area (Å²) in [7, 11) is 0. The number of ether oxygens (including phenoxy) is 2. The lowest BCUT2D eigenvalue weighted by atomic mass is 10.1. The second kappa shape index (κ2) is 9.63. The molecule has 4 rings (SSSR count). The predicted octanol–water partition coefficient (Wildman–Crippen LogP) is 4.60. The van der Waals surface area contributed by atoms with Gasteiger partial charge in [-0.3, -0.25) is 4.79 Å². The van der Waals surface area contributed by atoms with Crippen molar-refractivity contribution in [1.82, 2.24) is 0 Å². The molecule has 1 aliphatic carbocycles. The van der Waals surface area contributed by atoms with E-state index < -0.39 is 18.5 Å². The van der Waals surface area contributed by atoms with E-state index in [0.29, 0.717) is 16.3 Å². The second-order valence-electron chi connectivity index (χ2n) is 7.36. The van der Waals surface area contributed by atoms with E-state index in [1.54, 1.807) is 6.07 Å². The normalized spacial score (nSPS) is 13.0. The number of esters is 1. The van der Waals surface area contributed by atoms with Gasteiger partial charge in [0.25, 0.3) is 5.91 Å². The van der Waals surface area contributed by atoms with Gasteiger partial charge in [0.15, 0.2) is 13.2 Å². The van der Waals surface area contributed by atoms with Gasteiger partial charge in [-0.25, -0.2) is 4.79 Å². The van der Waals surface area contributed by atoms with Crippen LogP contribution in [0.5, 0.6) is 5.75 Å². The Morgan fingerprint density at radius 2 is 1.84 bits per heavy atom. The van der Waals surface area contributed by atoms with E-state index in [2.05, 4.69) is 11.4 Å². The maximum Gasteiger partial charge on any atom is 0.344 e. The van der Waals surface area contributed by atoms with Gasteiger partial charge in [-0.2, -0.15) is 5.26 Å². The van der Waals surface area contributed by atoms with Gasteiger partial charge in [0.1, 0.15) is 16.8 Å². The molecule has 1 aromatic heterocycles. The lowest BCUT2D eigenvalue weighted by Crippen LogP contribution is -2.23. The first-order chi connectivity index (χ1) is 15.2. The van der Waals surface area contributed by atoms with Crippen molar-refractivity contribution in [3.63, 3.8) is 0 Å². The van der Waals surface area contributed by atoms with E-state index in [1.165, 1.54) is 16.2 Å². The Morgan fingerprint density at radius 1 is 1.03 bits per heavy atom. The summed E-state index contributed by atoms with van der Waals surface area (Å²) >= 11 is 1.45. The van der Waals surface area contributed by atoms with E-state index in [1.807, 2.05) is 36.4 Å². The summed E-state index contributed by atoms with van der Waals surface area (Å²) in [6, 6.07) is 15.5. The van der Waals surface area contributed by atoms with Crippen molar-refractivity contribution in [1.29, 1.82) is 5.26 Å². The van der Waals surface area contributed by atoms with Crippen molar-refractivity contribution in [2.24, 2.45) is 0 Å². The van der Waals surface area contributed by atoms with Gasteiger partial charge in [0, 0.05) is 10.3 Å². The molecule has 31 heavy (non-hydrogen) atoms. The van der Waals surface area contributed by atoms with Crippen LogP contribution in [0.4, 0.5) is 5.00 Å². The van der Waals surface area contributed by atoms with Crippen LogP contribution >= 0.6 is 11.3 Å². The lowest BCUT2D eigenvalue weighted by molar-refractivity contribution is -0.149. The Morgan fingerprint density at radius 3 is 2.71 bits per heavy atom. The van der Waals surface area contributed by atoms with Crippen LogP contribution in [0, 0.1) is 11.3 Å². The third-order valence-electron chi connectivity index (χ3n) is 5.25. The average Bonchev–Trinajstić information content (AvgIpc) is 2.94. The smallest absolute Gasteiger partial charge is 0.344 e. The Bertz CT molecular complexity index is 1160. The van der Waals surface area contributed by atoms with Crippen LogP contribution in [-0.2, 0) is 27.2 Å². The molecule has 0 bridgehead atoms. The fourth-order valence-corrected chi connectivity index (χ4v) is 5.01. The number of fused-ring (bicyclic) bond motifs is 2. The lowest BCUT2D eigenvalue weighted by Gasteiger charge is -2.09. The quantitative estimate of drug-likeness (QED) is 0.452. The van der Waals surface area contributed by atoms with Gasteiger partial charge < -0.3 is 14.8 Å². The number of amides is 1. The van der Waals surface area contributed by atoms with Crippen LogP contribution in [0.2, 0.25) is 0 Å². The number of thiophene rings is 1. The van der Waals surface area contributed by atoms with Gasteiger partial charge in [0.05, 0.1) is 5.56 Å². The minimum atomic E-state index is -0.634. The zero-order valence-corrected chi connectivity index (χ0v) is 17.8. The monoisotopic (exact) mass is 434 g/mol. The van der Waals surface area contributed by atoms with Crippen LogP contribution in [0.25, 0.3) is 10.8 Å². The van der Waals surface area contributed by atoms with Gasteiger partial charge in [0.2, 0.25) is 0 Å². The van der Waals surface area contributed by atoms with Gasteiger partial charge in [-0.05, 0) is 42.7 Å². The van der Waals surface area contributed by atoms with Crippen LogP contribution in [0.15, 0.2) is 42.5 Å². The molecule has 0 saturated carbocycles. The first kappa shape index (κ1) is 20.9. The van der Waals surface area contributed by atoms with E-state index in [9.17, 15) is 14.9 Å². The molecule has 1 N–H and O–H groups in total. The third kappa shape index (κ3) is 4.86. The van der Waals surface area contributed by atoms with E-state index >= 15 is 0 Å². The van der Waals surface area contributed by atoms with Crippen LogP contribution in [-0.4, -0.2) is 25.1 Å². The molecule has 2 aromatic carbocycles. The zero-order valence-electron chi connectivity index (χ0n) is 17.0. The molecule has 0 fully saturated rings. The predicted molar refractivity (Wildman–Crippen MR) is 119 cm³/mol. The van der Waals surface area contributed by atoms with Crippen LogP contribution < -0.4 is 10.1 Å². The molecule has 0 saturated heterocycles. The Hall–Kier alpha value is -3.37. The maximum atomic E-state index is 12.3. The molecule has 1 heterocycles. The molecular formula is C24H22N2O4S. The SMILES string of the molecule is N#Cc1c(NC(=O)COC(=O)COc2cccc3ccccc23)sc2c1CCCCC2. The van der Waals surface area contributed by atoms with Crippen LogP contribution in [0.3, 0.4) is 0 Å². The number of carbonyl (C=O) groups excluding carboxylic acids is 2. The summed E-state index contributed by atoms with van der Waals surface area (Å²) in [5.41, 5.74) is 1.60. The van der Waals surface area contributed by atoms with Gasteiger partial charge in [-0.1, -0.05) is 42.8 Å². The highest BCUT2D eigenvalue weighted by molar-refractivity contribution is 7.16. The summed E-state index contributed by atoms with van der Waals surface area (Å²) in [6.45, 7) is -0.719. The highest BCUT2D eigenvalue weighted by Gasteiger charge is 2.21. The first-order valence-corrected chi connectivity index (χ1v) is 11.1. The zero-order chi connectivity index (χ0) is 21.6. The van der Waals surface area contributed by atoms with Crippen molar-refractivity contribution >= 4 is 39.0 Å². The van der Waals surface area contributed by atoms with Crippen molar-refractivity contribution in [3.8, 4) is 11.8 Å². The number of rotatable bonds is 6. The van der Waals surface area contributed by atoms with Gasteiger partial charge in [-0.15, -0.1) is 11.3 Å². The molecule has 3 aromatic rings. The summed E-state index contributed by atoms with van der Waals surface area (Å²) in [6.07, 6.45) is 5.11. The number of anilines is 1. The largest absolute Gasteiger partial charge is 0.481 e. The van der Waals surface area contributed by atoms with Crippen molar-refractivity contribution in [2.45, 2.75) is 32.1 Å². The first-order valence-electron chi connectivity index (χ1n) is 10.3. The molecule has 1 amide bonds. The molecule has 1 aliphatic rings. The highest BCUT2D eigenvalue weighted by Crippen LogP contribution is 2.36. The molecule has 6 nitrogen and oxygen atoms in total. The summed E-state index contributed by atoms with van der Waals surface area (Å²) in [5.74, 6) is -0.518. The third-order valence-corrected chi connectivity index (χ3v) is 6.45. The molecule has 0 unspecified atom stereocenters.